The van der Waals surface area contributed by atoms with E-state index in [0.717, 1.165) is 37.4 Å². The van der Waals surface area contributed by atoms with E-state index in [9.17, 15) is 4.79 Å². The maximum absolute atomic E-state index is 12.8. The lowest BCUT2D eigenvalue weighted by atomic mass is 10.1. The van der Waals surface area contributed by atoms with E-state index >= 15 is 0 Å². The Kier molecular flexibility index (Phi) is 4.29. The van der Waals surface area contributed by atoms with Gasteiger partial charge in [0.15, 0.2) is 0 Å². The molecular formula is C19H23N3OS. The normalized spacial score (nSPS) is 22.6. The van der Waals surface area contributed by atoms with Crippen LogP contribution in [0.1, 0.15) is 27.2 Å². The maximum Gasteiger partial charge on any atom is 0.253 e. The Morgan fingerprint density at radius 2 is 2.29 bits per heavy atom. The van der Waals surface area contributed by atoms with Crippen molar-refractivity contribution >= 4 is 22.9 Å². The number of nitrogens with one attached hydrogen (secondary N) is 2. The SMILES string of the molecule is Cc1ccsc1CNc1cccc(C(=O)N2C[C@@H]3CCN[C@@H]3C2)c1. The summed E-state index contributed by atoms with van der Waals surface area (Å²) in [7, 11) is 0. The van der Waals surface area contributed by atoms with Crippen molar-refractivity contribution in [3.63, 3.8) is 0 Å². The van der Waals surface area contributed by atoms with Crippen molar-refractivity contribution in [2.75, 3.05) is 25.0 Å². The molecule has 0 bridgehead atoms. The van der Waals surface area contributed by atoms with Crippen LogP contribution >= 0.6 is 11.3 Å². The van der Waals surface area contributed by atoms with Gasteiger partial charge in [0.1, 0.15) is 0 Å². The molecule has 2 fully saturated rings. The number of likely N-dealkylation sites (tertiary alicyclic amines) is 1. The number of rotatable bonds is 4. The second-order valence-corrected chi connectivity index (χ2v) is 7.78. The van der Waals surface area contributed by atoms with Gasteiger partial charge in [-0.25, -0.2) is 0 Å². The van der Waals surface area contributed by atoms with Gasteiger partial charge in [0.25, 0.3) is 5.91 Å². The monoisotopic (exact) mass is 341 g/mol. The highest BCUT2D eigenvalue weighted by atomic mass is 32.1. The van der Waals surface area contributed by atoms with Crippen molar-refractivity contribution in [3.8, 4) is 0 Å². The summed E-state index contributed by atoms with van der Waals surface area (Å²) in [6.45, 7) is 5.77. The van der Waals surface area contributed by atoms with E-state index in [1.54, 1.807) is 11.3 Å². The minimum atomic E-state index is 0.155. The first-order chi connectivity index (χ1) is 11.7. The first-order valence-corrected chi connectivity index (χ1v) is 9.48. The molecule has 5 heteroatoms. The number of hydrogen-bond acceptors (Lipinski definition) is 4. The number of benzene rings is 1. The van der Waals surface area contributed by atoms with Gasteiger partial charge < -0.3 is 15.5 Å². The topological polar surface area (TPSA) is 44.4 Å². The lowest BCUT2D eigenvalue weighted by Crippen LogP contribution is -2.33. The van der Waals surface area contributed by atoms with Crippen molar-refractivity contribution in [3.05, 3.63) is 51.7 Å². The van der Waals surface area contributed by atoms with Gasteiger partial charge in [0.2, 0.25) is 0 Å². The summed E-state index contributed by atoms with van der Waals surface area (Å²) in [5.41, 5.74) is 3.10. The molecule has 2 aliphatic rings. The molecule has 0 aliphatic carbocycles. The fourth-order valence-corrected chi connectivity index (χ4v) is 4.57. The van der Waals surface area contributed by atoms with E-state index in [2.05, 4.69) is 29.0 Å². The van der Waals surface area contributed by atoms with Gasteiger partial charge in [-0.3, -0.25) is 4.79 Å². The summed E-state index contributed by atoms with van der Waals surface area (Å²) >= 11 is 1.76. The quantitative estimate of drug-likeness (QED) is 0.898. The van der Waals surface area contributed by atoms with Crippen LogP contribution in [0.3, 0.4) is 0 Å². The molecule has 1 aromatic carbocycles. The van der Waals surface area contributed by atoms with Gasteiger partial charge in [0, 0.05) is 41.8 Å². The lowest BCUT2D eigenvalue weighted by molar-refractivity contribution is 0.0782. The second-order valence-electron chi connectivity index (χ2n) is 6.78. The average molecular weight is 341 g/mol. The van der Waals surface area contributed by atoms with E-state index in [1.165, 1.54) is 16.9 Å². The Morgan fingerprint density at radius 1 is 1.38 bits per heavy atom. The highest BCUT2D eigenvalue weighted by Crippen LogP contribution is 2.26. The van der Waals surface area contributed by atoms with Gasteiger partial charge in [-0.2, -0.15) is 0 Å². The van der Waals surface area contributed by atoms with Crippen LogP contribution in [0.15, 0.2) is 35.7 Å². The Balaban J connectivity index is 1.42. The zero-order chi connectivity index (χ0) is 16.5. The first-order valence-electron chi connectivity index (χ1n) is 8.60. The molecule has 2 N–H and O–H groups in total. The fourth-order valence-electron chi connectivity index (χ4n) is 3.73. The minimum Gasteiger partial charge on any atom is -0.380 e. The van der Waals surface area contributed by atoms with E-state index < -0.39 is 0 Å². The zero-order valence-corrected chi connectivity index (χ0v) is 14.7. The Morgan fingerprint density at radius 3 is 3.08 bits per heavy atom. The van der Waals surface area contributed by atoms with Gasteiger partial charge in [0.05, 0.1) is 0 Å². The number of fused-ring (bicyclic) bond motifs is 1. The third-order valence-electron chi connectivity index (χ3n) is 5.18. The van der Waals surface area contributed by atoms with E-state index in [-0.39, 0.29) is 5.91 Å². The van der Waals surface area contributed by atoms with E-state index in [1.807, 2.05) is 29.2 Å². The molecule has 2 atom stereocenters. The summed E-state index contributed by atoms with van der Waals surface area (Å²) in [5, 5.41) is 9.06. The van der Waals surface area contributed by atoms with Crippen molar-refractivity contribution in [2.24, 2.45) is 5.92 Å². The summed E-state index contributed by atoms with van der Waals surface area (Å²) in [6, 6.07) is 10.5. The predicted molar refractivity (Wildman–Crippen MR) is 98.6 cm³/mol. The van der Waals surface area contributed by atoms with Gasteiger partial charge >= 0.3 is 0 Å². The van der Waals surface area contributed by atoms with Crippen LogP contribution in [-0.2, 0) is 6.54 Å². The molecule has 0 unspecified atom stereocenters. The highest BCUT2D eigenvalue weighted by Gasteiger charge is 2.38. The molecule has 1 amide bonds. The number of carbonyl (C=O) groups is 1. The molecule has 2 saturated heterocycles. The summed E-state index contributed by atoms with van der Waals surface area (Å²) in [5.74, 6) is 0.791. The van der Waals surface area contributed by atoms with E-state index in [4.69, 9.17) is 0 Å². The summed E-state index contributed by atoms with van der Waals surface area (Å²) in [4.78, 5) is 16.1. The number of amides is 1. The third-order valence-corrected chi connectivity index (χ3v) is 6.20. The predicted octanol–water partition coefficient (Wildman–Crippen LogP) is 3.10. The van der Waals surface area contributed by atoms with Crippen LogP contribution in [0, 0.1) is 12.8 Å². The maximum atomic E-state index is 12.8. The van der Waals surface area contributed by atoms with Crippen molar-refractivity contribution in [2.45, 2.75) is 25.9 Å². The molecule has 4 rings (SSSR count). The molecule has 0 saturated carbocycles. The average Bonchev–Trinajstić information content (AvgIpc) is 3.28. The number of anilines is 1. The minimum absolute atomic E-state index is 0.155. The highest BCUT2D eigenvalue weighted by molar-refractivity contribution is 7.10. The first kappa shape index (κ1) is 15.7. The molecule has 24 heavy (non-hydrogen) atoms. The van der Waals surface area contributed by atoms with Crippen molar-refractivity contribution < 1.29 is 4.79 Å². The molecular weight excluding hydrogens is 318 g/mol. The summed E-state index contributed by atoms with van der Waals surface area (Å²) in [6.07, 6.45) is 1.19. The third kappa shape index (κ3) is 3.06. The number of carbonyl (C=O) groups excluding carboxylic acids is 1. The standard InChI is InChI=1S/C19H23N3OS/c1-13-6-8-24-18(13)10-21-16-4-2-3-14(9-16)19(23)22-11-15-5-7-20-17(15)12-22/h2-4,6,8-9,15,17,20-21H,5,7,10-12H2,1H3/t15-,17+/m0/s1. The van der Waals surface area contributed by atoms with Crippen LogP contribution in [0.5, 0.6) is 0 Å². The molecule has 3 heterocycles. The second kappa shape index (κ2) is 6.57. The molecule has 4 nitrogen and oxygen atoms in total. The largest absolute Gasteiger partial charge is 0.380 e. The van der Waals surface area contributed by atoms with Crippen LogP contribution in [0.25, 0.3) is 0 Å². The number of aryl methyl sites for hydroxylation is 1. The Hall–Kier alpha value is -1.85. The van der Waals surface area contributed by atoms with Gasteiger partial charge in [-0.15, -0.1) is 11.3 Å². The molecule has 2 aromatic rings. The zero-order valence-electron chi connectivity index (χ0n) is 13.9. The van der Waals surface area contributed by atoms with Crippen LogP contribution in [-0.4, -0.2) is 36.5 Å². The Bertz CT molecular complexity index is 730. The van der Waals surface area contributed by atoms with Crippen LogP contribution in [0.4, 0.5) is 5.69 Å². The van der Waals surface area contributed by atoms with E-state index in [0.29, 0.717) is 12.0 Å². The number of hydrogen-bond donors (Lipinski definition) is 2. The van der Waals surface area contributed by atoms with Gasteiger partial charge in [-0.1, -0.05) is 6.07 Å². The molecule has 1 aromatic heterocycles. The van der Waals surface area contributed by atoms with Crippen LogP contribution in [0.2, 0.25) is 0 Å². The van der Waals surface area contributed by atoms with Gasteiger partial charge in [-0.05, 0) is 61.0 Å². The molecule has 0 radical (unpaired) electrons. The molecule has 2 aliphatic heterocycles. The van der Waals surface area contributed by atoms with Crippen LogP contribution < -0.4 is 10.6 Å². The number of thiophene rings is 1. The Labute approximate surface area is 146 Å². The molecule has 126 valence electrons. The number of nitrogens with zero attached hydrogens (tertiary/aromatic N) is 1. The fraction of sp³-hybridized carbons (Fsp3) is 0.421. The summed E-state index contributed by atoms with van der Waals surface area (Å²) < 4.78 is 0. The van der Waals surface area contributed by atoms with Crippen molar-refractivity contribution in [1.29, 1.82) is 0 Å². The smallest absolute Gasteiger partial charge is 0.253 e. The lowest BCUT2D eigenvalue weighted by Gasteiger charge is -2.18. The van der Waals surface area contributed by atoms with Crippen molar-refractivity contribution in [1.82, 2.24) is 10.2 Å². The molecule has 0 spiro atoms.